The second kappa shape index (κ2) is 8.03. The summed E-state index contributed by atoms with van der Waals surface area (Å²) in [5.74, 6) is 0.306. The van der Waals surface area contributed by atoms with E-state index < -0.39 is 0 Å². The van der Waals surface area contributed by atoms with E-state index in [-0.39, 0.29) is 24.8 Å². The summed E-state index contributed by atoms with van der Waals surface area (Å²) in [4.78, 5) is 13.9. The normalized spacial score (nSPS) is 21.0. The summed E-state index contributed by atoms with van der Waals surface area (Å²) in [5.41, 5.74) is 0.509. The van der Waals surface area contributed by atoms with Crippen LogP contribution in [0.1, 0.15) is 32.1 Å². The third-order valence-electron chi connectivity index (χ3n) is 4.07. The Labute approximate surface area is 122 Å². The molecule has 0 aliphatic carbocycles. The first-order valence-corrected chi connectivity index (χ1v) is 6.35. The van der Waals surface area contributed by atoms with Crippen LogP contribution in [0.15, 0.2) is 12.7 Å². The fraction of sp³-hybridized carbons (Fsp3) is 0.769. The number of carbonyl (C=O) groups excluding carboxylic acids is 1. The maximum absolute atomic E-state index is 11.8. The smallest absolute Gasteiger partial charge is 0.222 e. The second-order valence-electron chi connectivity index (χ2n) is 5.13. The van der Waals surface area contributed by atoms with Crippen molar-refractivity contribution in [2.45, 2.75) is 32.1 Å². The fourth-order valence-corrected chi connectivity index (χ4v) is 2.84. The van der Waals surface area contributed by atoms with Gasteiger partial charge in [-0.15, -0.1) is 31.4 Å². The monoisotopic (exact) mass is 294 g/mol. The van der Waals surface area contributed by atoms with Gasteiger partial charge in [-0.1, -0.05) is 6.08 Å². The SMILES string of the molecule is C=CCCC(=O)N1CCC2(CCNC2)CC1.Cl.Cl. The van der Waals surface area contributed by atoms with Gasteiger partial charge in [0.05, 0.1) is 0 Å². The standard InChI is InChI=1S/C13H22N2O.2ClH/c1-2-3-4-12(16)15-9-6-13(7-10-15)5-8-14-11-13;;/h2,14H,1,3-11H2;2*1H. The Morgan fingerprint density at radius 3 is 2.44 bits per heavy atom. The number of nitrogens with zero attached hydrogens (tertiary/aromatic N) is 1. The Morgan fingerprint density at radius 2 is 1.94 bits per heavy atom. The highest BCUT2D eigenvalue weighted by molar-refractivity contribution is 5.85. The van der Waals surface area contributed by atoms with Gasteiger partial charge >= 0.3 is 0 Å². The molecule has 2 saturated heterocycles. The lowest BCUT2D eigenvalue weighted by atomic mass is 9.78. The lowest BCUT2D eigenvalue weighted by molar-refractivity contribution is -0.133. The Hall–Kier alpha value is -0.250. The van der Waals surface area contributed by atoms with Crippen molar-refractivity contribution in [2.75, 3.05) is 26.2 Å². The molecule has 1 spiro atoms. The van der Waals surface area contributed by atoms with E-state index in [0.29, 0.717) is 17.7 Å². The van der Waals surface area contributed by atoms with Crippen molar-refractivity contribution in [3.8, 4) is 0 Å². The Bertz CT molecular complexity index is 268. The average Bonchev–Trinajstić information content (AvgIpc) is 2.75. The molecule has 18 heavy (non-hydrogen) atoms. The van der Waals surface area contributed by atoms with E-state index >= 15 is 0 Å². The highest BCUT2D eigenvalue weighted by Gasteiger charge is 2.37. The van der Waals surface area contributed by atoms with Gasteiger partial charge in [0.2, 0.25) is 5.91 Å². The molecule has 0 saturated carbocycles. The molecule has 0 radical (unpaired) electrons. The fourth-order valence-electron chi connectivity index (χ4n) is 2.84. The van der Waals surface area contributed by atoms with Gasteiger partial charge in [-0.2, -0.15) is 0 Å². The first kappa shape index (κ1) is 17.8. The number of amides is 1. The Morgan fingerprint density at radius 1 is 1.28 bits per heavy atom. The van der Waals surface area contributed by atoms with E-state index in [1.807, 2.05) is 11.0 Å². The van der Waals surface area contributed by atoms with Crippen molar-refractivity contribution in [3.63, 3.8) is 0 Å². The van der Waals surface area contributed by atoms with Gasteiger partial charge in [-0.25, -0.2) is 0 Å². The first-order chi connectivity index (χ1) is 7.76. The van der Waals surface area contributed by atoms with E-state index in [0.717, 1.165) is 32.6 Å². The number of carbonyl (C=O) groups is 1. The third-order valence-corrected chi connectivity index (χ3v) is 4.07. The zero-order chi connectivity index (χ0) is 11.4. The molecule has 2 heterocycles. The van der Waals surface area contributed by atoms with Crippen LogP contribution in [0, 0.1) is 5.41 Å². The summed E-state index contributed by atoms with van der Waals surface area (Å²) in [6, 6.07) is 0. The van der Waals surface area contributed by atoms with Crippen LogP contribution in [0.5, 0.6) is 0 Å². The molecule has 0 unspecified atom stereocenters. The Kier molecular flexibility index (Phi) is 7.92. The molecule has 0 bridgehead atoms. The van der Waals surface area contributed by atoms with Crippen LogP contribution in [-0.4, -0.2) is 37.0 Å². The molecule has 2 fully saturated rings. The minimum atomic E-state index is 0. The number of halogens is 2. The van der Waals surface area contributed by atoms with E-state index in [4.69, 9.17) is 0 Å². The molecule has 5 heteroatoms. The largest absolute Gasteiger partial charge is 0.343 e. The zero-order valence-electron chi connectivity index (χ0n) is 10.8. The number of rotatable bonds is 3. The summed E-state index contributed by atoms with van der Waals surface area (Å²) in [7, 11) is 0. The molecule has 0 aromatic heterocycles. The van der Waals surface area contributed by atoms with E-state index in [1.165, 1.54) is 19.3 Å². The van der Waals surface area contributed by atoms with Gasteiger partial charge < -0.3 is 10.2 Å². The number of likely N-dealkylation sites (tertiary alicyclic amines) is 1. The van der Waals surface area contributed by atoms with Crippen molar-refractivity contribution in [3.05, 3.63) is 12.7 Å². The average molecular weight is 295 g/mol. The first-order valence-electron chi connectivity index (χ1n) is 6.35. The molecule has 1 N–H and O–H groups in total. The minimum Gasteiger partial charge on any atom is -0.343 e. The topological polar surface area (TPSA) is 32.3 Å². The van der Waals surface area contributed by atoms with Gasteiger partial charge in [0.15, 0.2) is 0 Å². The quantitative estimate of drug-likeness (QED) is 0.811. The van der Waals surface area contributed by atoms with Gasteiger partial charge in [0.1, 0.15) is 0 Å². The van der Waals surface area contributed by atoms with Crippen LogP contribution < -0.4 is 5.32 Å². The lowest BCUT2D eigenvalue weighted by Gasteiger charge is -2.38. The van der Waals surface area contributed by atoms with E-state index in [2.05, 4.69) is 11.9 Å². The van der Waals surface area contributed by atoms with Crippen LogP contribution in [-0.2, 0) is 4.79 Å². The molecule has 106 valence electrons. The molecular weight excluding hydrogens is 271 g/mol. The molecular formula is C13H24Cl2N2O. The van der Waals surface area contributed by atoms with E-state index in [1.54, 1.807) is 0 Å². The summed E-state index contributed by atoms with van der Waals surface area (Å²) < 4.78 is 0. The Balaban J connectivity index is 0.00000144. The van der Waals surface area contributed by atoms with Gasteiger partial charge in [0, 0.05) is 26.1 Å². The lowest BCUT2D eigenvalue weighted by Crippen LogP contribution is -2.43. The highest BCUT2D eigenvalue weighted by atomic mass is 35.5. The van der Waals surface area contributed by atoms with Gasteiger partial charge in [-0.05, 0) is 37.6 Å². The molecule has 2 aliphatic heterocycles. The number of hydrogen-bond acceptors (Lipinski definition) is 2. The second-order valence-corrected chi connectivity index (χ2v) is 5.13. The summed E-state index contributed by atoms with van der Waals surface area (Å²) >= 11 is 0. The van der Waals surface area contributed by atoms with Crippen molar-refractivity contribution >= 4 is 30.7 Å². The summed E-state index contributed by atoms with van der Waals surface area (Å²) in [6.07, 6.45) is 6.92. The molecule has 1 amide bonds. The van der Waals surface area contributed by atoms with E-state index in [9.17, 15) is 4.79 Å². The summed E-state index contributed by atoms with van der Waals surface area (Å²) in [6.45, 7) is 7.88. The molecule has 0 atom stereocenters. The van der Waals surface area contributed by atoms with Crippen LogP contribution in [0.25, 0.3) is 0 Å². The molecule has 0 aromatic carbocycles. The van der Waals surface area contributed by atoms with Crippen molar-refractivity contribution < 1.29 is 4.79 Å². The van der Waals surface area contributed by atoms with Crippen molar-refractivity contribution in [1.29, 1.82) is 0 Å². The number of nitrogens with one attached hydrogen (secondary N) is 1. The molecule has 3 nitrogen and oxygen atoms in total. The molecule has 2 aliphatic rings. The maximum atomic E-state index is 11.8. The predicted octanol–water partition coefficient (Wildman–Crippen LogP) is 2.40. The van der Waals surface area contributed by atoms with Crippen molar-refractivity contribution in [2.24, 2.45) is 5.41 Å². The van der Waals surface area contributed by atoms with Gasteiger partial charge in [-0.3, -0.25) is 4.79 Å². The van der Waals surface area contributed by atoms with Crippen molar-refractivity contribution in [1.82, 2.24) is 10.2 Å². The van der Waals surface area contributed by atoms with Crippen LogP contribution >= 0.6 is 24.8 Å². The summed E-state index contributed by atoms with van der Waals surface area (Å²) in [5, 5.41) is 3.44. The van der Waals surface area contributed by atoms with Crippen LogP contribution in [0.4, 0.5) is 0 Å². The molecule has 2 rings (SSSR count). The van der Waals surface area contributed by atoms with Gasteiger partial charge in [0.25, 0.3) is 0 Å². The zero-order valence-corrected chi connectivity index (χ0v) is 12.5. The minimum absolute atomic E-state index is 0. The number of allylic oxidation sites excluding steroid dienone is 1. The number of hydrogen-bond donors (Lipinski definition) is 1. The highest BCUT2D eigenvalue weighted by Crippen LogP contribution is 2.36. The van der Waals surface area contributed by atoms with Crippen LogP contribution in [0.3, 0.4) is 0 Å². The van der Waals surface area contributed by atoms with Crippen LogP contribution in [0.2, 0.25) is 0 Å². The maximum Gasteiger partial charge on any atom is 0.222 e. The number of piperidine rings is 1. The molecule has 0 aromatic rings. The predicted molar refractivity (Wildman–Crippen MR) is 79.7 cm³/mol. The third kappa shape index (κ3) is 4.15.